The zero-order valence-corrected chi connectivity index (χ0v) is 14.2. The fourth-order valence-corrected chi connectivity index (χ4v) is 2.40. The number of rotatable bonds is 6. The fraction of sp³-hybridized carbons (Fsp3) is 0.0870. The first-order valence-electron chi connectivity index (χ1n) is 8.26. The van der Waals surface area contributed by atoms with Gasteiger partial charge in [-0.05, 0) is 36.3 Å². The third-order valence-electron chi connectivity index (χ3n) is 3.89. The first-order chi connectivity index (χ1) is 12.2. The number of carbonyl (C=O) groups is 1. The molecule has 0 aliphatic heterocycles. The van der Waals surface area contributed by atoms with Gasteiger partial charge in [-0.15, -0.1) is 0 Å². The van der Waals surface area contributed by atoms with Gasteiger partial charge in [-0.1, -0.05) is 78.4 Å². The Bertz CT molecular complexity index is 845. The van der Waals surface area contributed by atoms with E-state index in [0.717, 1.165) is 22.4 Å². The van der Waals surface area contributed by atoms with Crippen molar-refractivity contribution in [1.29, 1.82) is 0 Å². The maximum atomic E-state index is 12.1. The maximum absolute atomic E-state index is 12.1. The monoisotopic (exact) mass is 328 g/mol. The lowest BCUT2D eigenvalue weighted by molar-refractivity contribution is 0.104. The van der Waals surface area contributed by atoms with Gasteiger partial charge in [0.25, 0.3) is 0 Å². The first kappa shape index (κ1) is 16.7. The van der Waals surface area contributed by atoms with E-state index in [4.69, 9.17) is 4.74 Å². The number of allylic oxidation sites excluding steroid dienone is 1. The van der Waals surface area contributed by atoms with Crippen LogP contribution in [0.5, 0.6) is 5.75 Å². The molecule has 0 bridgehead atoms. The van der Waals surface area contributed by atoms with Gasteiger partial charge < -0.3 is 4.74 Å². The lowest BCUT2D eigenvalue weighted by Crippen LogP contribution is -1.95. The highest BCUT2D eigenvalue weighted by molar-refractivity contribution is 6.06. The van der Waals surface area contributed by atoms with Crippen LogP contribution in [0.2, 0.25) is 0 Å². The summed E-state index contributed by atoms with van der Waals surface area (Å²) in [5, 5.41) is 0. The minimum atomic E-state index is 0.00408. The van der Waals surface area contributed by atoms with Gasteiger partial charge in [0.05, 0.1) is 0 Å². The zero-order chi connectivity index (χ0) is 17.5. The van der Waals surface area contributed by atoms with Crippen molar-refractivity contribution in [2.45, 2.75) is 13.5 Å². The molecule has 0 unspecified atom stereocenters. The highest BCUT2D eigenvalue weighted by Crippen LogP contribution is 2.15. The average Bonchev–Trinajstić information content (AvgIpc) is 2.67. The molecular formula is C23H20O2. The molecule has 0 amide bonds. The minimum absolute atomic E-state index is 0.00408. The average molecular weight is 328 g/mol. The summed E-state index contributed by atoms with van der Waals surface area (Å²) >= 11 is 0. The standard InChI is InChI=1S/C23H20O2/c1-18-7-12-21(13-8-18)23(24)16-11-19-9-14-22(15-10-19)25-17-20-5-3-2-4-6-20/h2-16H,17H2,1H3. The molecule has 0 radical (unpaired) electrons. The van der Waals surface area contributed by atoms with Gasteiger partial charge in [0.15, 0.2) is 5.78 Å². The molecule has 25 heavy (non-hydrogen) atoms. The quantitative estimate of drug-likeness (QED) is 0.443. The van der Waals surface area contributed by atoms with Crippen molar-refractivity contribution in [2.24, 2.45) is 0 Å². The number of ether oxygens (including phenoxy) is 1. The first-order valence-corrected chi connectivity index (χ1v) is 8.26. The van der Waals surface area contributed by atoms with Crippen molar-refractivity contribution in [3.05, 3.63) is 107 Å². The summed E-state index contributed by atoms with van der Waals surface area (Å²) in [4.78, 5) is 12.1. The summed E-state index contributed by atoms with van der Waals surface area (Å²) in [5.41, 5.74) is 3.94. The van der Waals surface area contributed by atoms with E-state index >= 15 is 0 Å². The smallest absolute Gasteiger partial charge is 0.185 e. The molecule has 0 saturated carbocycles. The number of benzene rings is 3. The maximum Gasteiger partial charge on any atom is 0.185 e. The largest absolute Gasteiger partial charge is 0.489 e. The molecule has 0 aliphatic rings. The van der Waals surface area contributed by atoms with Crippen molar-refractivity contribution in [3.8, 4) is 5.75 Å². The third kappa shape index (κ3) is 4.92. The van der Waals surface area contributed by atoms with E-state index in [9.17, 15) is 4.79 Å². The highest BCUT2D eigenvalue weighted by atomic mass is 16.5. The van der Waals surface area contributed by atoms with Crippen LogP contribution in [0.15, 0.2) is 84.9 Å². The van der Waals surface area contributed by atoms with Gasteiger partial charge in [0.1, 0.15) is 12.4 Å². The van der Waals surface area contributed by atoms with Crippen LogP contribution in [0.25, 0.3) is 6.08 Å². The predicted octanol–water partition coefficient (Wildman–Crippen LogP) is 5.47. The normalized spacial score (nSPS) is 10.8. The molecule has 0 fully saturated rings. The van der Waals surface area contributed by atoms with Gasteiger partial charge in [0, 0.05) is 5.56 Å². The Morgan fingerprint density at radius 2 is 1.56 bits per heavy atom. The predicted molar refractivity (Wildman–Crippen MR) is 102 cm³/mol. The molecule has 0 aromatic heterocycles. The molecule has 0 saturated heterocycles. The molecule has 124 valence electrons. The molecule has 3 aromatic rings. The number of hydrogen-bond donors (Lipinski definition) is 0. The summed E-state index contributed by atoms with van der Waals surface area (Å²) in [7, 11) is 0. The zero-order valence-electron chi connectivity index (χ0n) is 14.2. The topological polar surface area (TPSA) is 26.3 Å². The summed E-state index contributed by atoms with van der Waals surface area (Å²) in [6.07, 6.45) is 3.42. The van der Waals surface area contributed by atoms with Crippen LogP contribution >= 0.6 is 0 Å². The van der Waals surface area contributed by atoms with Crippen molar-refractivity contribution < 1.29 is 9.53 Å². The summed E-state index contributed by atoms with van der Waals surface area (Å²) in [6, 6.07) is 25.4. The second kappa shape index (κ2) is 8.11. The van der Waals surface area contributed by atoms with E-state index in [1.54, 1.807) is 6.08 Å². The Morgan fingerprint density at radius 3 is 2.24 bits per heavy atom. The van der Waals surface area contributed by atoms with Crippen LogP contribution < -0.4 is 4.74 Å². The van der Waals surface area contributed by atoms with Crippen molar-refractivity contribution in [1.82, 2.24) is 0 Å². The van der Waals surface area contributed by atoms with Crippen LogP contribution in [0.4, 0.5) is 0 Å². The molecule has 3 aromatic carbocycles. The van der Waals surface area contributed by atoms with Crippen molar-refractivity contribution in [3.63, 3.8) is 0 Å². The fourth-order valence-electron chi connectivity index (χ4n) is 2.40. The lowest BCUT2D eigenvalue weighted by atomic mass is 10.1. The Morgan fingerprint density at radius 1 is 0.880 bits per heavy atom. The van der Waals surface area contributed by atoms with Crippen LogP contribution in [-0.4, -0.2) is 5.78 Å². The lowest BCUT2D eigenvalue weighted by Gasteiger charge is -2.06. The van der Waals surface area contributed by atoms with E-state index in [1.807, 2.05) is 91.9 Å². The van der Waals surface area contributed by atoms with E-state index in [-0.39, 0.29) is 5.78 Å². The number of aryl methyl sites for hydroxylation is 1. The number of hydrogen-bond acceptors (Lipinski definition) is 2. The van der Waals surface area contributed by atoms with E-state index < -0.39 is 0 Å². The number of carbonyl (C=O) groups excluding carboxylic acids is 1. The molecular weight excluding hydrogens is 308 g/mol. The molecule has 3 rings (SSSR count). The molecule has 2 heteroatoms. The van der Waals surface area contributed by atoms with Crippen LogP contribution in [0, 0.1) is 6.92 Å². The van der Waals surface area contributed by atoms with E-state index in [0.29, 0.717) is 12.2 Å². The molecule has 0 aliphatic carbocycles. The number of ketones is 1. The van der Waals surface area contributed by atoms with Crippen molar-refractivity contribution >= 4 is 11.9 Å². The van der Waals surface area contributed by atoms with Gasteiger partial charge >= 0.3 is 0 Å². The van der Waals surface area contributed by atoms with Crippen LogP contribution in [-0.2, 0) is 6.61 Å². The van der Waals surface area contributed by atoms with Crippen LogP contribution in [0.1, 0.15) is 27.0 Å². The highest BCUT2D eigenvalue weighted by Gasteiger charge is 2.01. The summed E-state index contributed by atoms with van der Waals surface area (Å²) < 4.78 is 5.76. The van der Waals surface area contributed by atoms with Gasteiger partial charge in [-0.3, -0.25) is 4.79 Å². The van der Waals surface area contributed by atoms with Crippen LogP contribution in [0.3, 0.4) is 0 Å². The second-order valence-electron chi connectivity index (χ2n) is 5.91. The van der Waals surface area contributed by atoms with Gasteiger partial charge in [0.2, 0.25) is 0 Å². The molecule has 2 nitrogen and oxygen atoms in total. The van der Waals surface area contributed by atoms with Gasteiger partial charge in [-0.25, -0.2) is 0 Å². The molecule has 0 heterocycles. The minimum Gasteiger partial charge on any atom is -0.489 e. The Labute approximate surface area is 148 Å². The van der Waals surface area contributed by atoms with E-state index in [2.05, 4.69) is 0 Å². The van der Waals surface area contributed by atoms with Gasteiger partial charge in [-0.2, -0.15) is 0 Å². The van der Waals surface area contributed by atoms with Crippen molar-refractivity contribution in [2.75, 3.05) is 0 Å². The molecule has 0 spiro atoms. The summed E-state index contributed by atoms with van der Waals surface area (Å²) in [5.74, 6) is 0.815. The van der Waals surface area contributed by atoms with E-state index in [1.165, 1.54) is 0 Å². The Kier molecular flexibility index (Phi) is 5.43. The molecule has 0 N–H and O–H groups in total. The summed E-state index contributed by atoms with van der Waals surface area (Å²) in [6.45, 7) is 2.55. The second-order valence-corrected chi connectivity index (χ2v) is 5.91. The Balaban J connectivity index is 1.58. The Hall–Kier alpha value is -3.13. The molecule has 0 atom stereocenters. The third-order valence-corrected chi connectivity index (χ3v) is 3.89. The SMILES string of the molecule is Cc1ccc(C(=O)C=Cc2ccc(OCc3ccccc3)cc2)cc1.